The third-order valence-electron chi connectivity index (χ3n) is 5.40. The second-order valence-corrected chi connectivity index (χ2v) is 9.32. The van der Waals surface area contributed by atoms with Gasteiger partial charge in [0.2, 0.25) is 15.9 Å². The van der Waals surface area contributed by atoms with E-state index in [0.29, 0.717) is 35.4 Å². The molecule has 2 aromatic heterocycles. The fourth-order valence-electron chi connectivity index (χ4n) is 3.58. The molecule has 1 aliphatic rings. The van der Waals surface area contributed by atoms with E-state index in [0.717, 1.165) is 5.69 Å². The van der Waals surface area contributed by atoms with Crippen molar-refractivity contribution in [3.8, 4) is 11.3 Å². The molecule has 1 aliphatic heterocycles. The summed E-state index contributed by atoms with van der Waals surface area (Å²) in [6, 6.07) is 12.2. The monoisotopic (exact) mass is 455 g/mol. The van der Waals surface area contributed by atoms with Crippen molar-refractivity contribution in [3.63, 3.8) is 0 Å². The molecular weight excluding hydrogens is 430 g/mol. The highest BCUT2D eigenvalue weighted by molar-refractivity contribution is 7.89. The molecule has 10 heteroatoms. The summed E-state index contributed by atoms with van der Waals surface area (Å²) in [6.45, 7) is 2.10. The van der Waals surface area contributed by atoms with Crippen LogP contribution in [0.15, 0.2) is 53.6 Å². The molecule has 1 saturated heterocycles. The largest absolute Gasteiger partial charge is 0.383 e. The number of anilines is 1. The van der Waals surface area contributed by atoms with Crippen LogP contribution in [0.25, 0.3) is 22.3 Å². The number of hydrogen-bond donors (Lipinski definition) is 1. The molecule has 0 saturated carbocycles. The van der Waals surface area contributed by atoms with Gasteiger partial charge in [-0.3, -0.25) is 9.78 Å². The summed E-state index contributed by atoms with van der Waals surface area (Å²) < 4.78 is 32.6. The Balaban J connectivity index is 1.70. The van der Waals surface area contributed by atoms with E-state index in [1.165, 1.54) is 7.11 Å². The number of carbonyl (C=O) groups excluding carboxylic acids is 1. The van der Waals surface area contributed by atoms with Crippen LogP contribution >= 0.6 is 0 Å². The third kappa shape index (κ3) is 4.57. The first-order valence-corrected chi connectivity index (χ1v) is 11.7. The van der Waals surface area contributed by atoms with Crippen LogP contribution in [0.3, 0.4) is 0 Å². The number of ether oxygens (including phenoxy) is 1. The van der Waals surface area contributed by atoms with E-state index in [1.807, 2.05) is 29.2 Å². The molecule has 3 heterocycles. The Morgan fingerprint density at radius 1 is 1.16 bits per heavy atom. The predicted octanol–water partition coefficient (Wildman–Crippen LogP) is 1.50. The van der Waals surface area contributed by atoms with Crippen LogP contribution in [0.2, 0.25) is 0 Å². The molecule has 0 atom stereocenters. The maximum atomic E-state index is 12.6. The Kier molecular flexibility index (Phi) is 6.35. The topological polar surface area (TPSA) is 105 Å². The fraction of sp³-hybridized carbons (Fsp3) is 0.318. The van der Waals surface area contributed by atoms with E-state index in [9.17, 15) is 13.2 Å². The highest BCUT2D eigenvalue weighted by Crippen LogP contribution is 2.28. The molecule has 32 heavy (non-hydrogen) atoms. The number of piperazine rings is 1. The van der Waals surface area contributed by atoms with Crippen LogP contribution in [0.4, 0.5) is 5.69 Å². The lowest BCUT2D eigenvalue weighted by Gasteiger charge is -2.33. The number of aromatic nitrogens is 2. The minimum Gasteiger partial charge on any atom is -0.383 e. The van der Waals surface area contributed by atoms with Crippen molar-refractivity contribution in [2.24, 2.45) is 0 Å². The Morgan fingerprint density at radius 2 is 2.00 bits per heavy atom. The van der Waals surface area contributed by atoms with Crippen LogP contribution < -0.4 is 9.62 Å². The van der Waals surface area contributed by atoms with Crippen LogP contribution in [0.5, 0.6) is 0 Å². The van der Waals surface area contributed by atoms with Gasteiger partial charge in [-0.05, 0) is 30.3 Å². The number of sulfonamides is 1. The van der Waals surface area contributed by atoms with E-state index in [4.69, 9.17) is 9.72 Å². The van der Waals surface area contributed by atoms with Crippen LogP contribution in [-0.4, -0.2) is 76.1 Å². The van der Waals surface area contributed by atoms with Crippen molar-refractivity contribution in [2.45, 2.75) is 4.90 Å². The number of methoxy groups -OCH3 is 1. The zero-order valence-electron chi connectivity index (χ0n) is 18.0. The molecule has 0 radical (unpaired) electrons. The van der Waals surface area contributed by atoms with E-state index in [1.54, 1.807) is 36.3 Å². The number of benzene rings is 1. The van der Waals surface area contributed by atoms with Gasteiger partial charge in [0, 0.05) is 45.6 Å². The standard InChI is InChI=1S/C22H25N5O4S/c1-26-11-12-27(15-21(26)28)20-8-9-23-19-7-6-18(25-22(19)20)16-4-3-5-17(14-16)32(29,30)24-10-13-31-2/h3-9,14,24H,10-13,15H2,1-2H3. The molecule has 1 N–H and O–H groups in total. The Labute approximate surface area is 187 Å². The van der Waals surface area contributed by atoms with Gasteiger partial charge in [-0.2, -0.15) is 0 Å². The smallest absolute Gasteiger partial charge is 0.241 e. The molecule has 168 valence electrons. The first-order chi connectivity index (χ1) is 15.4. The molecule has 1 fully saturated rings. The zero-order chi connectivity index (χ0) is 22.7. The lowest BCUT2D eigenvalue weighted by molar-refractivity contribution is -0.129. The summed E-state index contributed by atoms with van der Waals surface area (Å²) in [4.78, 5) is 25.3. The quantitative estimate of drug-likeness (QED) is 0.538. The van der Waals surface area contributed by atoms with Crippen molar-refractivity contribution in [3.05, 3.63) is 48.7 Å². The minimum absolute atomic E-state index is 0.0521. The number of fused-ring (bicyclic) bond motifs is 1. The summed E-state index contributed by atoms with van der Waals surface area (Å²) >= 11 is 0. The molecule has 0 aliphatic carbocycles. The predicted molar refractivity (Wildman–Crippen MR) is 122 cm³/mol. The summed E-state index contributed by atoms with van der Waals surface area (Å²) in [6.07, 6.45) is 1.71. The summed E-state index contributed by atoms with van der Waals surface area (Å²) in [5, 5.41) is 0. The Bertz CT molecular complexity index is 1250. The lowest BCUT2D eigenvalue weighted by atomic mass is 10.1. The van der Waals surface area contributed by atoms with Crippen molar-refractivity contribution < 1.29 is 17.9 Å². The van der Waals surface area contributed by atoms with E-state index in [2.05, 4.69) is 9.71 Å². The van der Waals surface area contributed by atoms with Gasteiger partial charge >= 0.3 is 0 Å². The van der Waals surface area contributed by atoms with Gasteiger partial charge in [0.1, 0.15) is 5.52 Å². The number of carbonyl (C=O) groups is 1. The maximum absolute atomic E-state index is 12.6. The molecule has 9 nitrogen and oxygen atoms in total. The second kappa shape index (κ2) is 9.19. The SMILES string of the molecule is COCCNS(=O)(=O)c1cccc(-c2ccc3nccc(N4CCN(C)C(=O)C4)c3n2)c1. The van der Waals surface area contributed by atoms with Gasteiger partial charge in [-0.1, -0.05) is 12.1 Å². The highest BCUT2D eigenvalue weighted by atomic mass is 32.2. The highest BCUT2D eigenvalue weighted by Gasteiger charge is 2.23. The number of rotatable bonds is 7. The van der Waals surface area contributed by atoms with Gasteiger partial charge in [0.05, 0.1) is 34.9 Å². The number of pyridine rings is 2. The molecule has 0 bridgehead atoms. The van der Waals surface area contributed by atoms with Gasteiger partial charge in [-0.15, -0.1) is 0 Å². The van der Waals surface area contributed by atoms with Crippen molar-refractivity contribution in [1.82, 2.24) is 19.6 Å². The molecule has 4 rings (SSSR count). The molecule has 1 aromatic carbocycles. The average Bonchev–Trinajstić information content (AvgIpc) is 2.80. The first kappa shape index (κ1) is 22.1. The Morgan fingerprint density at radius 3 is 2.78 bits per heavy atom. The molecule has 1 amide bonds. The molecule has 0 spiro atoms. The number of likely N-dealkylation sites (N-methyl/N-ethyl adjacent to an activating group) is 1. The van der Waals surface area contributed by atoms with Gasteiger partial charge in [0.15, 0.2) is 0 Å². The van der Waals surface area contributed by atoms with E-state index in [-0.39, 0.29) is 30.5 Å². The van der Waals surface area contributed by atoms with Gasteiger partial charge in [-0.25, -0.2) is 18.1 Å². The summed E-state index contributed by atoms with van der Waals surface area (Å²) in [5.41, 5.74) is 3.52. The number of nitrogens with one attached hydrogen (secondary N) is 1. The molecule has 0 unspecified atom stereocenters. The van der Waals surface area contributed by atoms with Gasteiger partial charge < -0.3 is 14.5 Å². The number of hydrogen-bond acceptors (Lipinski definition) is 7. The maximum Gasteiger partial charge on any atom is 0.241 e. The van der Waals surface area contributed by atoms with Crippen molar-refractivity contribution in [2.75, 3.05) is 51.8 Å². The molecular formula is C22H25N5O4S. The van der Waals surface area contributed by atoms with E-state index >= 15 is 0 Å². The van der Waals surface area contributed by atoms with E-state index < -0.39 is 10.0 Å². The zero-order valence-corrected chi connectivity index (χ0v) is 18.8. The lowest BCUT2D eigenvalue weighted by Crippen LogP contribution is -2.48. The van der Waals surface area contributed by atoms with Crippen molar-refractivity contribution >= 4 is 32.7 Å². The normalized spacial score (nSPS) is 14.9. The average molecular weight is 456 g/mol. The van der Waals surface area contributed by atoms with Crippen molar-refractivity contribution in [1.29, 1.82) is 0 Å². The first-order valence-electron chi connectivity index (χ1n) is 10.2. The second-order valence-electron chi connectivity index (χ2n) is 7.55. The molecule has 3 aromatic rings. The van der Waals surface area contributed by atoms with Gasteiger partial charge in [0.25, 0.3) is 0 Å². The van der Waals surface area contributed by atoms with Crippen LogP contribution in [-0.2, 0) is 19.6 Å². The Hall–Kier alpha value is -3.08. The summed E-state index contributed by atoms with van der Waals surface area (Å²) in [5.74, 6) is 0.0521. The number of amides is 1. The summed E-state index contributed by atoms with van der Waals surface area (Å²) in [7, 11) is -0.350. The minimum atomic E-state index is -3.66. The third-order valence-corrected chi connectivity index (χ3v) is 6.86. The van der Waals surface area contributed by atoms with Crippen LogP contribution in [0, 0.1) is 0 Å². The number of nitrogens with zero attached hydrogens (tertiary/aromatic N) is 4. The fourth-order valence-corrected chi connectivity index (χ4v) is 4.63. The van der Waals surface area contributed by atoms with Crippen LogP contribution in [0.1, 0.15) is 0 Å².